The summed E-state index contributed by atoms with van der Waals surface area (Å²) in [6.07, 6.45) is 5.44. The number of likely N-dealkylation sites (tertiary alicyclic amines) is 2. The Kier molecular flexibility index (Phi) is 5.20. The van der Waals surface area contributed by atoms with Gasteiger partial charge in [0.05, 0.1) is 0 Å². The zero-order valence-corrected chi connectivity index (χ0v) is 13.9. The Labute approximate surface area is 134 Å². The zero-order valence-electron chi connectivity index (χ0n) is 13.1. The van der Waals surface area contributed by atoms with Gasteiger partial charge in [-0.05, 0) is 62.9 Å². The second kappa shape index (κ2) is 7.13. The van der Waals surface area contributed by atoms with Gasteiger partial charge in [0.25, 0.3) is 0 Å². The van der Waals surface area contributed by atoms with Crippen LogP contribution in [-0.4, -0.2) is 42.0 Å². The molecule has 0 aliphatic carbocycles. The molecule has 116 valence electrons. The number of hydrogen-bond acceptors (Lipinski definition) is 2. The van der Waals surface area contributed by atoms with E-state index in [2.05, 4.69) is 28.9 Å². The third-order valence-corrected chi connectivity index (χ3v) is 5.48. The molecule has 2 aliphatic heterocycles. The fourth-order valence-electron chi connectivity index (χ4n) is 3.87. The molecule has 1 aromatic carbocycles. The average Bonchev–Trinajstić information content (AvgIpc) is 2.50. The fourth-order valence-corrected chi connectivity index (χ4v) is 4.06. The first-order valence-corrected chi connectivity index (χ1v) is 8.80. The van der Waals surface area contributed by atoms with Gasteiger partial charge in [-0.1, -0.05) is 36.7 Å². The Hall–Kier alpha value is -0.570. The van der Waals surface area contributed by atoms with Gasteiger partial charge < -0.3 is 4.90 Å². The van der Waals surface area contributed by atoms with Crippen molar-refractivity contribution in [3.63, 3.8) is 0 Å². The first-order chi connectivity index (χ1) is 10.2. The topological polar surface area (TPSA) is 6.48 Å². The first-order valence-electron chi connectivity index (χ1n) is 8.42. The van der Waals surface area contributed by atoms with Crippen LogP contribution in [0.5, 0.6) is 0 Å². The van der Waals surface area contributed by atoms with Crippen LogP contribution < -0.4 is 0 Å². The van der Waals surface area contributed by atoms with Crippen molar-refractivity contribution in [3.05, 3.63) is 34.9 Å². The molecular formula is C18H27ClN2. The highest BCUT2D eigenvalue weighted by Crippen LogP contribution is 2.25. The lowest BCUT2D eigenvalue weighted by Crippen LogP contribution is -2.47. The van der Waals surface area contributed by atoms with Crippen LogP contribution in [0.3, 0.4) is 0 Å². The van der Waals surface area contributed by atoms with Crippen LogP contribution in [0.4, 0.5) is 0 Å². The van der Waals surface area contributed by atoms with Crippen LogP contribution in [-0.2, 0) is 6.54 Å². The highest BCUT2D eigenvalue weighted by atomic mass is 35.5. The van der Waals surface area contributed by atoms with Crippen molar-refractivity contribution < 1.29 is 0 Å². The second-order valence-corrected chi connectivity index (χ2v) is 7.25. The molecule has 3 heteroatoms. The SMILES string of the molecule is C[C@@H]1CCCN(C2CCN(Cc3ccccc3Cl)CC2)C1. The summed E-state index contributed by atoms with van der Waals surface area (Å²) in [5, 5.41) is 0.907. The predicted octanol–water partition coefficient (Wildman–Crippen LogP) is 4.04. The molecule has 0 amide bonds. The second-order valence-electron chi connectivity index (χ2n) is 6.84. The first kappa shape index (κ1) is 15.3. The van der Waals surface area contributed by atoms with Gasteiger partial charge >= 0.3 is 0 Å². The molecule has 2 nitrogen and oxygen atoms in total. The number of piperidine rings is 2. The van der Waals surface area contributed by atoms with E-state index in [0.29, 0.717) is 0 Å². The molecule has 0 radical (unpaired) electrons. The molecule has 2 saturated heterocycles. The maximum Gasteiger partial charge on any atom is 0.0451 e. The van der Waals surface area contributed by atoms with E-state index in [0.717, 1.165) is 23.5 Å². The Morgan fingerprint density at radius 1 is 1.10 bits per heavy atom. The number of benzene rings is 1. The molecule has 2 fully saturated rings. The van der Waals surface area contributed by atoms with E-state index in [-0.39, 0.29) is 0 Å². The van der Waals surface area contributed by atoms with Gasteiger partial charge in [-0.25, -0.2) is 0 Å². The van der Waals surface area contributed by atoms with E-state index in [1.54, 1.807) is 0 Å². The molecule has 0 N–H and O–H groups in total. The normalized spacial score (nSPS) is 26.1. The summed E-state index contributed by atoms with van der Waals surface area (Å²) in [5.41, 5.74) is 1.27. The highest BCUT2D eigenvalue weighted by Gasteiger charge is 2.27. The third-order valence-electron chi connectivity index (χ3n) is 5.11. The quantitative estimate of drug-likeness (QED) is 0.831. The molecule has 21 heavy (non-hydrogen) atoms. The van der Waals surface area contributed by atoms with E-state index in [4.69, 9.17) is 11.6 Å². The molecule has 2 heterocycles. The molecule has 0 unspecified atom stereocenters. The lowest BCUT2D eigenvalue weighted by Gasteiger charge is -2.41. The van der Waals surface area contributed by atoms with E-state index in [9.17, 15) is 0 Å². The van der Waals surface area contributed by atoms with Crippen molar-refractivity contribution in [2.45, 2.75) is 45.2 Å². The van der Waals surface area contributed by atoms with E-state index in [1.165, 1.54) is 57.4 Å². The van der Waals surface area contributed by atoms with Crippen LogP contribution in [0.25, 0.3) is 0 Å². The minimum Gasteiger partial charge on any atom is -0.300 e. The largest absolute Gasteiger partial charge is 0.300 e. The number of rotatable bonds is 3. The molecule has 2 aliphatic rings. The summed E-state index contributed by atoms with van der Waals surface area (Å²) in [6.45, 7) is 8.46. The molecule has 0 aromatic heterocycles. The Morgan fingerprint density at radius 3 is 2.57 bits per heavy atom. The standard InChI is InChI=1S/C18H27ClN2/c1-15-5-4-10-21(13-15)17-8-11-20(12-9-17)14-16-6-2-3-7-18(16)19/h2-3,6-7,15,17H,4-5,8-14H2,1H3/t15-/m1/s1. The maximum absolute atomic E-state index is 6.28. The van der Waals surface area contributed by atoms with Crippen molar-refractivity contribution in [1.82, 2.24) is 9.80 Å². The van der Waals surface area contributed by atoms with Crippen LogP contribution in [0.1, 0.15) is 38.2 Å². The van der Waals surface area contributed by atoms with Crippen molar-refractivity contribution in [2.75, 3.05) is 26.2 Å². The van der Waals surface area contributed by atoms with Gasteiger partial charge in [0.2, 0.25) is 0 Å². The van der Waals surface area contributed by atoms with Crippen LogP contribution >= 0.6 is 11.6 Å². The lowest BCUT2D eigenvalue weighted by molar-refractivity contribution is 0.0729. The minimum absolute atomic E-state index is 0.815. The Balaban J connectivity index is 1.50. The summed E-state index contributed by atoms with van der Waals surface area (Å²) in [4.78, 5) is 5.31. The average molecular weight is 307 g/mol. The van der Waals surface area contributed by atoms with Crippen LogP contribution in [0, 0.1) is 5.92 Å². The van der Waals surface area contributed by atoms with E-state index in [1.807, 2.05) is 12.1 Å². The maximum atomic E-state index is 6.28. The van der Waals surface area contributed by atoms with Gasteiger partial charge in [-0.3, -0.25) is 4.90 Å². The summed E-state index contributed by atoms with van der Waals surface area (Å²) in [5.74, 6) is 0.889. The molecule has 0 spiro atoms. The van der Waals surface area contributed by atoms with Gasteiger partial charge in [-0.2, -0.15) is 0 Å². The smallest absolute Gasteiger partial charge is 0.0451 e. The fraction of sp³-hybridized carbons (Fsp3) is 0.667. The number of halogens is 1. The Bertz CT molecular complexity index is 454. The predicted molar refractivity (Wildman–Crippen MR) is 89.7 cm³/mol. The summed E-state index contributed by atoms with van der Waals surface area (Å²) in [7, 11) is 0. The molecular weight excluding hydrogens is 280 g/mol. The molecule has 1 atom stereocenters. The lowest BCUT2D eigenvalue weighted by atomic mass is 9.95. The van der Waals surface area contributed by atoms with Crippen molar-refractivity contribution in [3.8, 4) is 0 Å². The van der Waals surface area contributed by atoms with Gasteiger partial charge in [0.1, 0.15) is 0 Å². The Morgan fingerprint density at radius 2 is 1.86 bits per heavy atom. The molecule has 0 saturated carbocycles. The molecule has 3 rings (SSSR count). The number of hydrogen-bond donors (Lipinski definition) is 0. The number of nitrogens with zero attached hydrogens (tertiary/aromatic N) is 2. The van der Waals surface area contributed by atoms with Crippen molar-refractivity contribution in [1.29, 1.82) is 0 Å². The van der Waals surface area contributed by atoms with Gasteiger partial charge in [0.15, 0.2) is 0 Å². The van der Waals surface area contributed by atoms with Crippen LogP contribution in [0.2, 0.25) is 5.02 Å². The summed E-state index contributed by atoms with van der Waals surface area (Å²) >= 11 is 6.28. The minimum atomic E-state index is 0.815. The van der Waals surface area contributed by atoms with Crippen molar-refractivity contribution in [2.24, 2.45) is 5.92 Å². The molecule has 0 bridgehead atoms. The summed E-state index contributed by atoms with van der Waals surface area (Å²) < 4.78 is 0. The van der Waals surface area contributed by atoms with Gasteiger partial charge in [-0.15, -0.1) is 0 Å². The van der Waals surface area contributed by atoms with Gasteiger partial charge in [0, 0.05) is 24.2 Å². The molecule has 1 aromatic rings. The van der Waals surface area contributed by atoms with Crippen molar-refractivity contribution >= 4 is 11.6 Å². The van der Waals surface area contributed by atoms with E-state index >= 15 is 0 Å². The monoisotopic (exact) mass is 306 g/mol. The van der Waals surface area contributed by atoms with E-state index < -0.39 is 0 Å². The third kappa shape index (κ3) is 4.00. The highest BCUT2D eigenvalue weighted by molar-refractivity contribution is 6.31. The summed E-state index contributed by atoms with van der Waals surface area (Å²) in [6, 6.07) is 9.06. The zero-order chi connectivity index (χ0) is 14.7. The van der Waals surface area contributed by atoms with Crippen LogP contribution in [0.15, 0.2) is 24.3 Å².